The van der Waals surface area contributed by atoms with Crippen molar-refractivity contribution in [3.63, 3.8) is 0 Å². The third-order valence-electron chi connectivity index (χ3n) is 3.30. The maximum atomic E-state index is 12.0. The first kappa shape index (κ1) is 15.8. The molecule has 1 amide bonds. The number of benzene rings is 1. The van der Waals surface area contributed by atoms with Crippen LogP contribution in [-0.2, 0) is 4.79 Å². The largest absolute Gasteiger partial charge is 0.493 e. The van der Waals surface area contributed by atoms with Gasteiger partial charge in [0.1, 0.15) is 5.75 Å². The van der Waals surface area contributed by atoms with Crippen LogP contribution in [0.15, 0.2) is 24.3 Å². The first-order valence-electron chi connectivity index (χ1n) is 6.37. The Bertz CT molecular complexity index is 437. The lowest BCUT2D eigenvalue weighted by atomic mass is 9.99. The molecule has 106 valence electrons. The van der Waals surface area contributed by atoms with Crippen molar-refractivity contribution >= 4 is 18.3 Å². The molecule has 1 heterocycles. The van der Waals surface area contributed by atoms with Crippen LogP contribution in [0.5, 0.6) is 5.75 Å². The molecule has 19 heavy (non-hydrogen) atoms. The second-order valence-corrected chi connectivity index (χ2v) is 5.01. The molecule has 3 N–H and O–H groups in total. The van der Waals surface area contributed by atoms with Crippen LogP contribution in [0.3, 0.4) is 0 Å². The summed E-state index contributed by atoms with van der Waals surface area (Å²) in [7, 11) is 0. The van der Waals surface area contributed by atoms with E-state index < -0.39 is 6.04 Å². The lowest BCUT2D eigenvalue weighted by Crippen LogP contribution is -2.46. The van der Waals surface area contributed by atoms with Crippen LogP contribution in [-0.4, -0.2) is 18.6 Å². The summed E-state index contributed by atoms with van der Waals surface area (Å²) >= 11 is 0. The first-order valence-corrected chi connectivity index (χ1v) is 6.37. The van der Waals surface area contributed by atoms with Gasteiger partial charge in [-0.15, -0.1) is 12.4 Å². The fourth-order valence-electron chi connectivity index (χ4n) is 2.06. The molecule has 1 aliphatic heterocycles. The number of halogens is 1. The highest BCUT2D eigenvalue weighted by atomic mass is 35.5. The normalized spacial score (nSPS) is 18.8. The number of para-hydroxylation sites is 1. The summed E-state index contributed by atoms with van der Waals surface area (Å²) in [6, 6.07) is 7.35. The SMILES string of the molecule is CC(C)[C@@H](N)C(=O)NC1CCOc2ccccc21.Cl. The van der Waals surface area contributed by atoms with Gasteiger partial charge in [0.2, 0.25) is 5.91 Å². The number of nitrogens with two attached hydrogens (primary N) is 1. The zero-order valence-electron chi connectivity index (χ0n) is 11.3. The highest BCUT2D eigenvalue weighted by molar-refractivity contribution is 5.85. The van der Waals surface area contributed by atoms with Gasteiger partial charge in [0.25, 0.3) is 0 Å². The van der Waals surface area contributed by atoms with Gasteiger partial charge in [-0.05, 0) is 12.0 Å². The van der Waals surface area contributed by atoms with Gasteiger partial charge in [0, 0.05) is 12.0 Å². The molecule has 0 bridgehead atoms. The van der Waals surface area contributed by atoms with E-state index in [1.807, 2.05) is 38.1 Å². The topological polar surface area (TPSA) is 64.4 Å². The zero-order valence-corrected chi connectivity index (χ0v) is 12.1. The van der Waals surface area contributed by atoms with Crippen molar-refractivity contribution in [2.24, 2.45) is 11.7 Å². The Balaban J connectivity index is 0.00000180. The Morgan fingerprint density at radius 2 is 2.11 bits per heavy atom. The van der Waals surface area contributed by atoms with Gasteiger partial charge in [-0.3, -0.25) is 4.79 Å². The second kappa shape index (κ2) is 6.78. The molecule has 0 aliphatic carbocycles. The van der Waals surface area contributed by atoms with E-state index >= 15 is 0 Å². The minimum Gasteiger partial charge on any atom is -0.493 e. The van der Waals surface area contributed by atoms with Gasteiger partial charge in [-0.25, -0.2) is 0 Å². The van der Waals surface area contributed by atoms with E-state index in [4.69, 9.17) is 10.5 Å². The van der Waals surface area contributed by atoms with Crippen molar-refractivity contribution in [3.05, 3.63) is 29.8 Å². The van der Waals surface area contributed by atoms with Gasteiger partial charge < -0.3 is 15.8 Å². The van der Waals surface area contributed by atoms with Crippen LogP contribution in [0.25, 0.3) is 0 Å². The van der Waals surface area contributed by atoms with E-state index in [0.29, 0.717) is 6.61 Å². The smallest absolute Gasteiger partial charge is 0.237 e. The van der Waals surface area contributed by atoms with Crippen molar-refractivity contribution < 1.29 is 9.53 Å². The minimum absolute atomic E-state index is 0. The van der Waals surface area contributed by atoms with E-state index in [9.17, 15) is 4.79 Å². The average Bonchev–Trinajstić information content (AvgIpc) is 2.38. The van der Waals surface area contributed by atoms with Crippen molar-refractivity contribution in [1.29, 1.82) is 0 Å². The molecule has 2 rings (SSSR count). The van der Waals surface area contributed by atoms with E-state index in [1.54, 1.807) is 0 Å². The molecule has 0 saturated heterocycles. The van der Waals surface area contributed by atoms with E-state index in [-0.39, 0.29) is 30.3 Å². The summed E-state index contributed by atoms with van der Waals surface area (Å²) in [6.07, 6.45) is 0.785. The van der Waals surface area contributed by atoms with Crippen LogP contribution in [0, 0.1) is 5.92 Å². The van der Waals surface area contributed by atoms with Crippen LogP contribution >= 0.6 is 12.4 Å². The molecule has 0 aromatic heterocycles. The molecule has 0 saturated carbocycles. The van der Waals surface area contributed by atoms with Gasteiger partial charge in [0.05, 0.1) is 18.7 Å². The quantitative estimate of drug-likeness (QED) is 0.893. The lowest BCUT2D eigenvalue weighted by Gasteiger charge is -2.28. The van der Waals surface area contributed by atoms with Crippen LogP contribution in [0.4, 0.5) is 0 Å². The summed E-state index contributed by atoms with van der Waals surface area (Å²) in [6.45, 7) is 4.52. The fraction of sp³-hybridized carbons (Fsp3) is 0.500. The molecule has 0 fully saturated rings. The summed E-state index contributed by atoms with van der Waals surface area (Å²) in [5, 5.41) is 3.01. The Morgan fingerprint density at radius 3 is 2.79 bits per heavy atom. The highest BCUT2D eigenvalue weighted by Gasteiger charge is 2.25. The standard InChI is InChI=1S/C14H20N2O2.ClH/c1-9(2)13(15)14(17)16-11-7-8-18-12-6-4-3-5-10(11)12;/h3-6,9,11,13H,7-8,15H2,1-2H3,(H,16,17);1H/t11?,13-;/m1./s1. The number of hydrogen-bond donors (Lipinski definition) is 2. The third kappa shape index (κ3) is 3.61. The zero-order chi connectivity index (χ0) is 13.1. The van der Waals surface area contributed by atoms with Crippen LogP contribution in [0.1, 0.15) is 31.9 Å². The maximum absolute atomic E-state index is 12.0. The Morgan fingerprint density at radius 1 is 1.42 bits per heavy atom. The molecule has 5 heteroatoms. The molecule has 1 aromatic carbocycles. The van der Waals surface area contributed by atoms with Crippen molar-refractivity contribution in [2.45, 2.75) is 32.4 Å². The van der Waals surface area contributed by atoms with Gasteiger partial charge in [-0.2, -0.15) is 0 Å². The monoisotopic (exact) mass is 284 g/mol. The second-order valence-electron chi connectivity index (χ2n) is 5.01. The number of ether oxygens (including phenoxy) is 1. The lowest BCUT2D eigenvalue weighted by molar-refractivity contribution is -0.124. The van der Waals surface area contributed by atoms with E-state index in [1.165, 1.54) is 0 Å². The molecule has 4 nitrogen and oxygen atoms in total. The number of nitrogens with one attached hydrogen (secondary N) is 1. The van der Waals surface area contributed by atoms with E-state index in [0.717, 1.165) is 17.7 Å². The van der Waals surface area contributed by atoms with Crippen molar-refractivity contribution in [3.8, 4) is 5.75 Å². The number of fused-ring (bicyclic) bond motifs is 1. The maximum Gasteiger partial charge on any atom is 0.237 e. The molecule has 2 atom stereocenters. The number of amides is 1. The van der Waals surface area contributed by atoms with Crippen LogP contribution < -0.4 is 15.8 Å². The minimum atomic E-state index is -0.458. The summed E-state index contributed by atoms with van der Waals surface area (Å²) in [5.74, 6) is 0.902. The van der Waals surface area contributed by atoms with Gasteiger partial charge >= 0.3 is 0 Å². The van der Waals surface area contributed by atoms with Crippen LogP contribution in [0.2, 0.25) is 0 Å². The molecule has 1 unspecified atom stereocenters. The van der Waals surface area contributed by atoms with Gasteiger partial charge in [-0.1, -0.05) is 32.0 Å². The summed E-state index contributed by atoms with van der Waals surface area (Å²) in [4.78, 5) is 12.0. The predicted molar refractivity (Wildman–Crippen MR) is 77.5 cm³/mol. The fourth-order valence-corrected chi connectivity index (χ4v) is 2.06. The molecular formula is C14H21ClN2O2. The van der Waals surface area contributed by atoms with Crippen molar-refractivity contribution in [2.75, 3.05) is 6.61 Å². The Hall–Kier alpha value is -1.26. The van der Waals surface area contributed by atoms with Gasteiger partial charge in [0.15, 0.2) is 0 Å². The molecule has 0 spiro atoms. The summed E-state index contributed by atoms with van der Waals surface area (Å²) < 4.78 is 5.56. The number of hydrogen-bond acceptors (Lipinski definition) is 3. The molecular weight excluding hydrogens is 264 g/mol. The molecule has 1 aromatic rings. The van der Waals surface area contributed by atoms with E-state index in [2.05, 4.69) is 5.32 Å². The molecule has 1 aliphatic rings. The Kier molecular flexibility index (Phi) is 5.63. The third-order valence-corrected chi connectivity index (χ3v) is 3.30. The highest BCUT2D eigenvalue weighted by Crippen LogP contribution is 2.31. The number of carbonyl (C=O) groups excluding carboxylic acids is 1. The predicted octanol–water partition coefficient (Wildman–Crippen LogP) is 2.03. The number of rotatable bonds is 3. The number of carbonyl (C=O) groups is 1. The average molecular weight is 285 g/mol. The summed E-state index contributed by atoms with van der Waals surface area (Å²) in [5.41, 5.74) is 6.89. The first-order chi connectivity index (χ1) is 8.59. The van der Waals surface area contributed by atoms with Crippen molar-refractivity contribution in [1.82, 2.24) is 5.32 Å². The molecule has 0 radical (unpaired) electrons. The Labute approximate surface area is 120 Å².